The Morgan fingerprint density at radius 3 is 2.79 bits per heavy atom. The number of nitrogens with zero attached hydrogens (tertiary/aromatic N) is 2. The fraction of sp³-hybridized carbons (Fsp3) is 0.381. The molecule has 0 aliphatic carbocycles. The zero-order chi connectivity index (χ0) is 19.9. The molecule has 1 aromatic carbocycles. The van der Waals surface area contributed by atoms with E-state index in [0.717, 1.165) is 5.56 Å². The number of carboxylic acids is 1. The van der Waals surface area contributed by atoms with Crippen LogP contribution in [-0.4, -0.2) is 46.1 Å². The van der Waals surface area contributed by atoms with Crippen molar-refractivity contribution in [3.05, 3.63) is 64.1 Å². The van der Waals surface area contributed by atoms with E-state index in [2.05, 4.69) is 0 Å². The average Bonchev–Trinajstić information content (AvgIpc) is 2.98. The van der Waals surface area contributed by atoms with Gasteiger partial charge in [0.1, 0.15) is 5.75 Å². The number of rotatable bonds is 3. The van der Waals surface area contributed by atoms with Crippen LogP contribution in [-0.2, 0) is 17.8 Å². The van der Waals surface area contributed by atoms with Crippen LogP contribution in [0, 0.1) is 11.3 Å². The highest BCUT2D eigenvalue weighted by Gasteiger charge is 2.55. The van der Waals surface area contributed by atoms with Crippen LogP contribution in [0.5, 0.6) is 5.75 Å². The Kier molecular flexibility index (Phi) is 4.45. The topological polar surface area (TPSA) is 88.8 Å². The highest BCUT2D eigenvalue weighted by molar-refractivity contribution is 5.95. The number of likely N-dealkylation sites (tertiary alicyclic amines) is 1. The Hall–Kier alpha value is -3.09. The third-order valence-electron chi connectivity index (χ3n) is 5.91. The van der Waals surface area contributed by atoms with Crippen LogP contribution < -0.4 is 10.3 Å². The van der Waals surface area contributed by atoms with E-state index in [1.54, 1.807) is 17.2 Å². The normalized spacial score (nSPS) is 23.3. The van der Waals surface area contributed by atoms with Crippen molar-refractivity contribution < 1.29 is 19.4 Å². The molecule has 0 spiro atoms. The first-order valence-corrected chi connectivity index (χ1v) is 9.38. The maximum absolute atomic E-state index is 13.0. The first kappa shape index (κ1) is 18.3. The Morgan fingerprint density at radius 1 is 1.29 bits per heavy atom. The van der Waals surface area contributed by atoms with Gasteiger partial charge in [0, 0.05) is 43.4 Å². The van der Waals surface area contributed by atoms with Crippen LogP contribution in [0.3, 0.4) is 0 Å². The first-order chi connectivity index (χ1) is 13.4. The number of fused-ring (bicyclic) bond motifs is 2. The van der Waals surface area contributed by atoms with Crippen LogP contribution in [0.15, 0.2) is 47.4 Å². The van der Waals surface area contributed by atoms with Gasteiger partial charge in [-0.15, -0.1) is 0 Å². The highest BCUT2D eigenvalue weighted by atomic mass is 16.5. The minimum atomic E-state index is -1.10. The molecule has 2 atom stereocenters. The third-order valence-corrected chi connectivity index (χ3v) is 5.91. The Labute approximate surface area is 162 Å². The molecule has 1 saturated heterocycles. The summed E-state index contributed by atoms with van der Waals surface area (Å²) in [5.41, 5.74) is -0.215. The Balaban J connectivity index is 1.65. The van der Waals surface area contributed by atoms with Gasteiger partial charge in [-0.05, 0) is 31.0 Å². The molecule has 2 aliphatic rings. The van der Waals surface area contributed by atoms with E-state index in [9.17, 15) is 19.5 Å². The molecule has 7 nitrogen and oxygen atoms in total. The minimum Gasteiger partial charge on any atom is -0.493 e. The summed E-state index contributed by atoms with van der Waals surface area (Å²) in [6.45, 7) is 3.00. The maximum atomic E-state index is 13.0. The molecular formula is C21H22N2O5. The fourth-order valence-corrected chi connectivity index (χ4v) is 4.27. The molecule has 1 aromatic heterocycles. The van der Waals surface area contributed by atoms with Gasteiger partial charge in [-0.2, -0.15) is 0 Å². The van der Waals surface area contributed by atoms with Gasteiger partial charge in [-0.25, -0.2) is 0 Å². The number of carbonyl (C=O) groups is 2. The second kappa shape index (κ2) is 6.82. The number of aryl methyl sites for hydroxylation is 1. The van der Waals surface area contributed by atoms with Crippen LogP contribution in [0.25, 0.3) is 0 Å². The lowest BCUT2D eigenvalue weighted by Crippen LogP contribution is -2.42. The van der Waals surface area contributed by atoms with E-state index in [1.165, 1.54) is 10.6 Å². The number of pyridine rings is 1. The first-order valence-electron chi connectivity index (χ1n) is 9.38. The molecule has 1 N–H and O–H groups in total. The number of carboxylic acid groups (broad SMARTS) is 1. The molecule has 0 radical (unpaired) electrons. The van der Waals surface area contributed by atoms with E-state index in [0.29, 0.717) is 18.7 Å². The summed E-state index contributed by atoms with van der Waals surface area (Å²) in [6, 6.07) is 10.4. The largest absolute Gasteiger partial charge is 0.493 e. The quantitative estimate of drug-likeness (QED) is 0.872. The van der Waals surface area contributed by atoms with E-state index >= 15 is 0 Å². The molecule has 0 unspecified atom stereocenters. The second-order valence-electron chi connectivity index (χ2n) is 7.48. The van der Waals surface area contributed by atoms with Crippen LogP contribution in [0.2, 0.25) is 0 Å². The van der Waals surface area contributed by atoms with Gasteiger partial charge < -0.3 is 19.3 Å². The summed E-state index contributed by atoms with van der Waals surface area (Å²) in [6.07, 6.45) is 1.90. The summed E-state index contributed by atoms with van der Waals surface area (Å²) in [5.74, 6) is -0.854. The number of aliphatic carboxylic acids is 1. The number of para-hydroxylation sites is 1. The molecule has 1 amide bonds. The van der Waals surface area contributed by atoms with Gasteiger partial charge in [-0.1, -0.05) is 18.2 Å². The zero-order valence-corrected chi connectivity index (χ0v) is 15.6. The molecule has 1 fully saturated rings. The monoisotopic (exact) mass is 382 g/mol. The number of benzene rings is 1. The van der Waals surface area contributed by atoms with Crippen molar-refractivity contribution in [3.8, 4) is 5.75 Å². The second-order valence-corrected chi connectivity index (χ2v) is 7.48. The van der Waals surface area contributed by atoms with Gasteiger partial charge in [0.15, 0.2) is 0 Å². The van der Waals surface area contributed by atoms with E-state index in [-0.39, 0.29) is 42.6 Å². The molecule has 146 valence electrons. The number of aromatic nitrogens is 1. The van der Waals surface area contributed by atoms with Crippen molar-refractivity contribution in [3.63, 3.8) is 0 Å². The van der Waals surface area contributed by atoms with Gasteiger partial charge in [0.25, 0.3) is 11.5 Å². The van der Waals surface area contributed by atoms with Gasteiger partial charge in [-0.3, -0.25) is 14.4 Å². The number of ether oxygens (including phenoxy) is 1. The zero-order valence-electron chi connectivity index (χ0n) is 15.6. The molecular weight excluding hydrogens is 360 g/mol. The average molecular weight is 382 g/mol. The maximum Gasteiger partial charge on any atom is 0.312 e. The molecule has 2 aliphatic heterocycles. The number of amides is 1. The lowest BCUT2D eigenvalue weighted by Gasteiger charge is -2.27. The minimum absolute atomic E-state index is 0.0976. The molecule has 2 aromatic rings. The summed E-state index contributed by atoms with van der Waals surface area (Å²) in [7, 11) is 0. The van der Waals surface area contributed by atoms with Crippen LogP contribution in [0.4, 0.5) is 0 Å². The molecule has 0 saturated carbocycles. The molecule has 3 heterocycles. The summed E-state index contributed by atoms with van der Waals surface area (Å²) >= 11 is 0. The molecule has 28 heavy (non-hydrogen) atoms. The Morgan fingerprint density at radius 2 is 2.07 bits per heavy atom. The summed E-state index contributed by atoms with van der Waals surface area (Å²) in [4.78, 5) is 38.9. The fourth-order valence-electron chi connectivity index (χ4n) is 4.27. The van der Waals surface area contributed by atoms with Crippen molar-refractivity contribution in [1.82, 2.24) is 9.47 Å². The van der Waals surface area contributed by atoms with Crippen LogP contribution >= 0.6 is 0 Å². The van der Waals surface area contributed by atoms with Crippen LogP contribution in [0.1, 0.15) is 22.8 Å². The molecule has 7 heteroatoms. The molecule has 4 rings (SSSR count). The van der Waals surface area contributed by atoms with Gasteiger partial charge >= 0.3 is 5.97 Å². The predicted molar refractivity (Wildman–Crippen MR) is 101 cm³/mol. The van der Waals surface area contributed by atoms with Gasteiger partial charge in [0.05, 0.1) is 12.0 Å². The standard InChI is InChI=1S/C21H22N2O5/c1-2-22-8-7-14(9-18(22)24)19(25)23-11-16-12-28-17-6-4-3-5-15(17)10-21(16,13-23)20(26)27/h3-9,16H,2,10-13H2,1H3,(H,26,27)/t16-,21+/m1/s1. The lowest BCUT2D eigenvalue weighted by atomic mass is 9.74. The van der Waals surface area contributed by atoms with E-state index in [1.807, 2.05) is 31.2 Å². The summed E-state index contributed by atoms with van der Waals surface area (Å²) in [5, 5.41) is 10.1. The number of carbonyl (C=O) groups excluding carboxylic acids is 1. The lowest BCUT2D eigenvalue weighted by molar-refractivity contribution is -0.150. The molecule has 0 bridgehead atoms. The van der Waals surface area contributed by atoms with Crippen molar-refractivity contribution in [1.29, 1.82) is 0 Å². The van der Waals surface area contributed by atoms with E-state index < -0.39 is 11.4 Å². The summed E-state index contributed by atoms with van der Waals surface area (Å²) < 4.78 is 7.37. The van der Waals surface area contributed by atoms with Crippen molar-refractivity contribution in [2.24, 2.45) is 11.3 Å². The number of hydrogen-bond donors (Lipinski definition) is 1. The van der Waals surface area contributed by atoms with Crippen molar-refractivity contribution in [2.75, 3.05) is 19.7 Å². The smallest absolute Gasteiger partial charge is 0.312 e. The number of hydrogen-bond acceptors (Lipinski definition) is 4. The Bertz CT molecular complexity index is 998. The highest BCUT2D eigenvalue weighted by Crippen LogP contribution is 2.44. The van der Waals surface area contributed by atoms with Crippen molar-refractivity contribution in [2.45, 2.75) is 19.9 Å². The van der Waals surface area contributed by atoms with E-state index in [4.69, 9.17) is 4.74 Å². The van der Waals surface area contributed by atoms with Gasteiger partial charge in [0.2, 0.25) is 0 Å². The SMILES string of the molecule is CCn1ccc(C(=O)N2C[C@@H]3COc4ccccc4C[C@]3(C(=O)O)C2)cc1=O. The van der Waals surface area contributed by atoms with Crippen molar-refractivity contribution >= 4 is 11.9 Å². The predicted octanol–water partition coefficient (Wildman–Crippen LogP) is 1.65. The third kappa shape index (κ3) is 2.87.